The van der Waals surface area contributed by atoms with Crippen molar-refractivity contribution in [1.82, 2.24) is 4.90 Å². The smallest absolute Gasteiger partial charge is 0.305 e. The third-order valence-corrected chi connectivity index (χ3v) is 2.40. The van der Waals surface area contributed by atoms with Crippen LogP contribution in [-0.4, -0.2) is 48.7 Å². The molecule has 0 aromatic heterocycles. The second-order valence-electron chi connectivity index (χ2n) is 3.74. The molecule has 5 heteroatoms. The van der Waals surface area contributed by atoms with Crippen LogP contribution < -0.4 is 0 Å². The molecule has 1 aliphatic carbocycles. The highest BCUT2D eigenvalue weighted by atomic mass is 16.5. The summed E-state index contributed by atoms with van der Waals surface area (Å²) in [5, 5.41) is 8.55. The van der Waals surface area contributed by atoms with E-state index in [1.807, 2.05) is 0 Å². The van der Waals surface area contributed by atoms with Gasteiger partial charge in [-0.15, -0.1) is 0 Å². The number of aliphatic carboxylic acids is 1. The van der Waals surface area contributed by atoms with E-state index in [0.717, 1.165) is 12.8 Å². The van der Waals surface area contributed by atoms with Crippen LogP contribution in [0, 0.1) is 5.92 Å². The molecule has 1 saturated carbocycles. The van der Waals surface area contributed by atoms with Crippen molar-refractivity contribution >= 4 is 11.9 Å². The maximum absolute atomic E-state index is 11.7. The van der Waals surface area contributed by atoms with Crippen molar-refractivity contribution in [3.05, 3.63) is 0 Å². The summed E-state index contributed by atoms with van der Waals surface area (Å²) in [4.78, 5) is 23.7. The van der Waals surface area contributed by atoms with Gasteiger partial charge in [0.1, 0.15) is 0 Å². The number of hydrogen-bond donors (Lipinski definition) is 1. The average molecular weight is 215 g/mol. The fourth-order valence-corrected chi connectivity index (χ4v) is 1.35. The fourth-order valence-electron chi connectivity index (χ4n) is 1.35. The molecule has 0 aromatic carbocycles. The zero-order valence-corrected chi connectivity index (χ0v) is 8.94. The van der Waals surface area contributed by atoms with Gasteiger partial charge < -0.3 is 14.7 Å². The highest BCUT2D eigenvalue weighted by Gasteiger charge is 2.33. The molecule has 0 radical (unpaired) electrons. The highest BCUT2D eigenvalue weighted by molar-refractivity contribution is 5.81. The van der Waals surface area contributed by atoms with Gasteiger partial charge in [-0.3, -0.25) is 9.59 Å². The molecule has 1 rings (SSSR count). The van der Waals surface area contributed by atoms with Gasteiger partial charge in [0.25, 0.3) is 0 Å². The van der Waals surface area contributed by atoms with Crippen LogP contribution in [0.1, 0.15) is 19.3 Å². The van der Waals surface area contributed by atoms with Crippen LogP contribution in [0.2, 0.25) is 0 Å². The Morgan fingerprint density at radius 1 is 1.40 bits per heavy atom. The van der Waals surface area contributed by atoms with Gasteiger partial charge >= 0.3 is 5.97 Å². The summed E-state index contributed by atoms with van der Waals surface area (Å²) in [7, 11) is 1.57. The lowest BCUT2D eigenvalue weighted by molar-refractivity contribution is -0.139. The van der Waals surface area contributed by atoms with E-state index in [9.17, 15) is 9.59 Å². The fraction of sp³-hybridized carbons (Fsp3) is 0.800. The standard InChI is InChI=1S/C10H17NO4/c1-15-7-6-11(5-4-9(12)13)10(14)8-2-3-8/h8H,2-7H2,1H3,(H,12,13). The van der Waals surface area contributed by atoms with Crippen LogP contribution in [-0.2, 0) is 14.3 Å². The maximum atomic E-state index is 11.7. The van der Waals surface area contributed by atoms with Crippen LogP contribution in [0.5, 0.6) is 0 Å². The third-order valence-electron chi connectivity index (χ3n) is 2.40. The molecule has 0 bridgehead atoms. The van der Waals surface area contributed by atoms with Crippen molar-refractivity contribution in [2.24, 2.45) is 5.92 Å². The summed E-state index contributed by atoms with van der Waals surface area (Å²) < 4.78 is 4.89. The zero-order chi connectivity index (χ0) is 11.3. The Kier molecular flexibility index (Phi) is 4.55. The molecule has 1 aliphatic rings. The average Bonchev–Trinajstić information content (AvgIpc) is 3.00. The minimum atomic E-state index is -0.874. The first kappa shape index (κ1) is 12.0. The summed E-state index contributed by atoms with van der Waals surface area (Å²) >= 11 is 0. The minimum Gasteiger partial charge on any atom is -0.481 e. The lowest BCUT2D eigenvalue weighted by atomic mass is 10.3. The molecule has 0 saturated heterocycles. The zero-order valence-electron chi connectivity index (χ0n) is 8.94. The van der Waals surface area contributed by atoms with E-state index < -0.39 is 5.97 Å². The summed E-state index contributed by atoms with van der Waals surface area (Å²) in [6.45, 7) is 1.23. The molecule has 86 valence electrons. The van der Waals surface area contributed by atoms with Gasteiger partial charge in [0.2, 0.25) is 5.91 Å². The second-order valence-corrected chi connectivity index (χ2v) is 3.74. The number of nitrogens with zero attached hydrogens (tertiary/aromatic N) is 1. The first-order valence-electron chi connectivity index (χ1n) is 5.14. The lowest BCUT2D eigenvalue weighted by Crippen LogP contribution is -2.36. The van der Waals surface area contributed by atoms with E-state index in [1.54, 1.807) is 12.0 Å². The van der Waals surface area contributed by atoms with Gasteiger partial charge in [-0.2, -0.15) is 0 Å². The molecule has 1 amide bonds. The number of rotatable bonds is 7. The second kappa shape index (κ2) is 5.70. The molecule has 0 heterocycles. The molecule has 0 aliphatic heterocycles. The largest absolute Gasteiger partial charge is 0.481 e. The van der Waals surface area contributed by atoms with Gasteiger partial charge in [0.15, 0.2) is 0 Å². The normalized spacial score (nSPS) is 15.0. The van der Waals surface area contributed by atoms with Gasteiger partial charge in [0.05, 0.1) is 13.0 Å². The summed E-state index contributed by atoms with van der Waals surface area (Å²) in [5.41, 5.74) is 0. The molecular formula is C10H17NO4. The molecule has 15 heavy (non-hydrogen) atoms. The molecule has 0 unspecified atom stereocenters. The van der Waals surface area contributed by atoms with Crippen molar-refractivity contribution in [2.75, 3.05) is 26.8 Å². The molecule has 1 fully saturated rings. The summed E-state index contributed by atoms with van der Waals surface area (Å²) in [6, 6.07) is 0. The number of carbonyl (C=O) groups is 2. The number of methoxy groups -OCH3 is 1. The SMILES string of the molecule is COCCN(CCC(=O)O)C(=O)C1CC1. The van der Waals surface area contributed by atoms with Gasteiger partial charge in [-0.25, -0.2) is 0 Å². The maximum Gasteiger partial charge on any atom is 0.305 e. The monoisotopic (exact) mass is 215 g/mol. The molecular weight excluding hydrogens is 198 g/mol. The molecule has 0 aromatic rings. The Hall–Kier alpha value is -1.10. The van der Waals surface area contributed by atoms with Crippen molar-refractivity contribution in [2.45, 2.75) is 19.3 Å². The van der Waals surface area contributed by atoms with E-state index in [4.69, 9.17) is 9.84 Å². The Morgan fingerprint density at radius 2 is 2.07 bits per heavy atom. The minimum absolute atomic E-state index is 0.00216. The number of ether oxygens (including phenoxy) is 1. The number of carboxylic acid groups (broad SMARTS) is 1. The van der Waals surface area contributed by atoms with Crippen LogP contribution in [0.4, 0.5) is 0 Å². The molecule has 0 spiro atoms. The Morgan fingerprint density at radius 3 is 2.53 bits per heavy atom. The third kappa shape index (κ3) is 4.29. The van der Waals surface area contributed by atoms with E-state index in [-0.39, 0.29) is 24.8 Å². The molecule has 1 N–H and O–H groups in total. The number of carboxylic acids is 1. The van der Waals surface area contributed by atoms with Crippen LogP contribution >= 0.6 is 0 Å². The first-order chi connectivity index (χ1) is 7.15. The van der Waals surface area contributed by atoms with E-state index in [2.05, 4.69) is 0 Å². The number of carbonyl (C=O) groups excluding carboxylic acids is 1. The van der Waals surface area contributed by atoms with E-state index in [1.165, 1.54) is 0 Å². The van der Waals surface area contributed by atoms with Crippen LogP contribution in [0.15, 0.2) is 0 Å². The topological polar surface area (TPSA) is 66.8 Å². The van der Waals surface area contributed by atoms with Crippen molar-refractivity contribution in [1.29, 1.82) is 0 Å². The molecule has 5 nitrogen and oxygen atoms in total. The van der Waals surface area contributed by atoms with Crippen LogP contribution in [0.25, 0.3) is 0 Å². The quantitative estimate of drug-likeness (QED) is 0.665. The summed E-state index contributed by atoms with van der Waals surface area (Å²) in [5.74, 6) is -0.662. The molecule has 0 atom stereocenters. The lowest BCUT2D eigenvalue weighted by Gasteiger charge is -2.21. The Labute approximate surface area is 89.0 Å². The van der Waals surface area contributed by atoms with Crippen LogP contribution in [0.3, 0.4) is 0 Å². The Bertz CT molecular complexity index is 238. The van der Waals surface area contributed by atoms with Gasteiger partial charge in [-0.1, -0.05) is 0 Å². The van der Waals surface area contributed by atoms with Crippen molar-refractivity contribution in [3.8, 4) is 0 Å². The number of hydrogen-bond acceptors (Lipinski definition) is 3. The predicted molar refractivity (Wildman–Crippen MR) is 53.4 cm³/mol. The Balaban J connectivity index is 2.36. The number of amides is 1. The van der Waals surface area contributed by atoms with Crippen molar-refractivity contribution < 1.29 is 19.4 Å². The highest BCUT2D eigenvalue weighted by Crippen LogP contribution is 2.30. The van der Waals surface area contributed by atoms with Gasteiger partial charge in [0, 0.05) is 26.1 Å². The van der Waals surface area contributed by atoms with E-state index >= 15 is 0 Å². The first-order valence-corrected chi connectivity index (χ1v) is 5.14. The van der Waals surface area contributed by atoms with Crippen molar-refractivity contribution in [3.63, 3.8) is 0 Å². The predicted octanol–water partition coefficient (Wildman–Crippen LogP) is 0.346. The van der Waals surface area contributed by atoms with E-state index in [0.29, 0.717) is 13.2 Å². The van der Waals surface area contributed by atoms with Gasteiger partial charge in [-0.05, 0) is 12.8 Å². The summed E-state index contributed by atoms with van der Waals surface area (Å²) in [6.07, 6.45) is 1.88.